The predicted octanol–water partition coefficient (Wildman–Crippen LogP) is 3.13. The highest BCUT2D eigenvalue weighted by molar-refractivity contribution is 5.78. The minimum atomic E-state index is -0.161. The van der Waals surface area contributed by atoms with Gasteiger partial charge in [-0.15, -0.1) is 0 Å². The van der Waals surface area contributed by atoms with Gasteiger partial charge in [0.25, 0.3) is 0 Å². The van der Waals surface area contributed by atoms with Crippen LogP contribution in [-0.4, -0.2) is 62.2 Å². The van der Waals surface area contributed by atoms with Crippen molar-refractivity contribution in [3.05, 3.63) is 54.1 Å². The molecule has 6 heteroatoms. The van der Waals surface area contributed by atoms with Crippen LogP contribution >= 0.6 is 0 Å². The van der Waals surface area contributed by atoms with Crippen molar-refractivity contribution in [2.45, 2.75) is 25.0 Å². The summed E-state index contributed by atoms with van der Waals surface area (Å²) < 4.78 is 17.1. The van der Waals surface area contributed by atoms with Gasteiger partial charge in [0.15, 0.2) is 17.6 Å². The quantitative estimate of drug-likeness (QED) is 0.751. The minimum Gasteiger partial charge on any atom is -0.497 e. The zero-order chi connectivity index (χ0) is 20.2. The van der Waals surface area contributed by atoms with Crippen molar-refractivity contribution in [1.29, 1.82) is 0 Å². The molecule has 1 saturated heterocycles. The number of para-hydroxylation sites is 2. The van der Waals surface area contributed by atoms with Crippen LogP contribution in [0.2, 0.25) is 0 Å². The second kappa shape index (κ2) is 8.74. The molecule has 0 radical (unpaired) electrons. The largest absolute Gasteiger partial charge is 0.497 e. The number of nitrogens with zero attached hydrogens (tertiary/aromatic N) is 2. The number of likely N-dealkylation sites (tertiary alicyclic amines) is 1. The summed E-state index contributed by atoms with van der Waals surface area (Å²) in [6.07, 6.45) is 1.99. The van der Waals surface area contributed by atoms with Gasteiger partial charge in [0, 0.05) is 13.1 Å². The lowest BCUT2D eigenvalue weighted by Gasteiger charge is -2.31. The molecule has 0 N–H and O–H groups in total. The maximum absolute atomic E-state index is 12.9. The lowest BCUT2D eigenvalue weighted by atomic mass is 10.0. The van der Waals surface area contributed by atoms with Gasteiger partial charge >= 0.3 is 0 Å². The van der Waals surface area contributed by atoms with Crippen LogP contribution in [0.25, 0.3) is 0 Å². The van der Waals surface area contributed by atoms with Gasteiger partial charge < -0.3 is 19.1 Å². The van der Waals surface area contributed by atoms with E-state index in [0.29, 0.717) is 19.7 Å². The summed E-state index contributed by atoms with van der Waals surface area (Å²) in [5.74, 6) is 2.45. The van der Waals surface area contributed by atoms with Gasteiger partial charge in [0.1, 0.15) is 12.4 Å². The molecule has 2 aliphatic rings. The van der Waals surface area contributed by atoms with Crippen LogP contribution in [0.3, 0.4) is 0 Å². The molecule has 1 amide bonds. The highest BCUT2D eigenvalue weighted by Crippen LogP contribution is 2.33. The van der Waals surface area contributed by atoms with Gasteiger partial charge in [-0.2, -0.15) is 0 Å². The molecule has 0 aliphatic carbocycles. The van der Waals surface area contributed by atoms with E-state index in [2.05, 4.69) is 17.0 Å². The smallest absolute Gasteiger partial charge is 0.236 e. The number of likely N-dealkylation sites (N-methyl/N-ethyl adjacent to an activating group) is 1. The molecule has 0 bridgehead atoms. The van der Waals surface area contributed by atoms with E-state index in [-0.39, 0.29) is 18.1 Å². The predicted molar refractivity (Wildman–Crippen MR) is 111 cm³/mol. The number of carbonyl (C=O) groups is 1. The maximum atomic E-state index is 12.9. The monoisotopic (exact) mass is 396 g/mol. The van der Waals surface area contributed by atoms with Crippen molar-refractivity contribution < 1.29 is 19.0 Å². The van der Waals surface area contributed by atoms with Crippen molar-refractivity contribution in [2.24, 2.45) is 0 Å². The van der Waals surface area contributed by atoms with Crippen LogP contribution in [-0.2, 0) is 4.79 Å². The van der Waals surface area contributed by atoms with Crippen LogP contribution in [0.1, 0.15) is 24.4 Å². The summed E-state index contributed by atoms with van der Waals surface area (Å²) in [6.45, 7) is 2.29. The fourth-order valence-corrected chi connectivity index (χ4v) is 4.10. The topological polar surface area (TPSA) is 51.2 Å². The SMILES string of the molecule is COc1cccc(C2CCCN2CC(=O)N(C)CC2COc3ccccc3O2)c1. The zero-order valence-corrected chi connectivity index (χ0v) is 17.0. The molecule has 2 aromatic rings. The fourth-order valence-electron chi connectivity index (χ4n) is 4.10. The number of ether oxygens (including phenoxy) is 3. The molecule has 2 heterocycles. The zero-order valence-electron chi connectivity index (χ0n) is 17.0. The Bertz CT molecular complexity index is 856. The minimum absolute atomic E-state index is 0.0993. The van der Waals surface area contributed by atoms with E-state index in [4.69, 9.17) is 14.2 Å². The third-order valence-corrected chi connectivity index (χ3v) is 5.65. The Morgan fingerprint density at radius 1 is 1.21 bits per heavy atom. The normalized spacial score (nSPS) is 21.0. The Kier molecular flexibility index (Phi) is 5.90. The Morgan fingerprint density at radius 2 is 2.03 bits per heavy atom. The lowest BCUT2D eigenvalue weighted by molar-refractivity contribution is -0.132. The van der Waals surface area contributed by atoms with Gasteiger partial charge in [0.2, 0.25) is 5.91 Å². The van der Waals surface area contributed by atoms with Gasteiger partial charge in [-0.1, -0.05) is 24.3 Å². The average molecular weight is 396 g/mol. The first-order valence-corrected chi connectivity index (χ1v) is 10.1. The highest BCUT2D eigenvalue weighted by Gasteiger charge is 2.30. The van der Waals surface area contributed by atoms with Crippen molar-refractivity contribution >= 4 is 5.91 Å². The molecule has 154 valence electrons. The number of rotatable bonds is 6. The summed E-state index contributed by atoms with van der Waals surface area (Å²) in [7, 11) is 3.52. The molecule has 0 saturated carbocycles. The van der Waals surface area contributed by atoms with Crippen molar-refractivity contribution in [1.82, 2.24) is 9.80 Å². The molecule has 2 unspecified atom stereocenters. The van der Waals surface area contributed by atoms with Crippen LogP contribution in [0.5, 0.6) is 17.2 Å². The maximum Gasteiger partial charge on any atom is 0.236 e. The average Bonchev–Trinajstić information content (AvgIpc) is 3.21. The Morgan fingerprint density at radius 3 is 2.86 bits per heavy atom. The number of amides is 1. The van der Waals surface area contributed by atoms with Crippen molar-refractivity contribution in [2.75, 3.05) is 40.4 Å². The molecule has 2 aromatic carbocycles. The van der Waals surface area contributed by atoms with E-state index in [1.165, 1.54) is 5.56 Å². The molecular formula is C23H28N2O4. The molecule has 0 aromatic heterocycles. The highest BCUT2D eigenvalue weighted by atomic mass is 16.6. The van der Waals surface area contributed by atoms with Crippen molar-refractivity contribution in [3.63, 3.8) is 0 Å². The molecule has 1 fully saturated rings. The number of fused-ring (bicyclic) bond motifs is 1. The number of carbonyl (C=O) groups excluding carboxylic acids is 1. The molecular weight excluding hydrogens is 368 g/mol. The summed E-state index contributed by atoms with van der Waals surface area (Å²) in [6, 6.07) is 16.0. The van der Waals surface area contributed by atoms with Gasteiger partial charge in [-0.05, 0) is 49.2 Å². The third-order valence-electron chi connectivity index (χ3n) is 5.65. The van der Waals surface area contributed by atoms with Crippen molar-refractivity contribution in [3.8, 4) is 17.2 Å². The summed E-state index contributed by atoms with van der Waals surface area (Å²) in [4.78, 5) is 16.9. The van der Waals surface area contributed by atoms with E-state index in [0.717, 1.165) is 36.6 Å². The Labute approximate surface area is 172 Å². The second-order valence-corrected chi connectivity index (χ2v) is 7.68. The van der Waals surface area contributed by atoms with Gasteiger partial charge in [-0.25, -0.2) is 0 Å². The Balaban J connectivity index is 1.34. The summed E-state index contributed by atoms with van der Waals surface area (Å²) in [5, 5.41) is 0. The van der Waals surface area contributed by atoms with Crippen LogP contribution < -0.4 is 14.2 Å². The van der Waals surface area contributed by atoms with Gasteiger partial charge in [-0.3, -0.25) is 9.69 Å². The van der Waals surface area contributed by atoms with E-state index in [1.807, 2.05) is 43.4 Å². The third kappa shape index (κ3) is 4.48. The standard InChI is InChI=1S/C23H28N2O4/c1-24(14-19-16-28-21-10-3-4-11-22(21)29-19)23(26)15-25-12-6-9-20(25)17-7-5-8-18(13-17)27-2/h3-5,7-8,10-11,13,19-20H,6,9,12,14-16H2,1-2H3. The molecule has 29 heavy (non-hydrogen) atoms. The van der Waals surface area contributed by atoms with Gasteiger partial charge in [0.05, 0.1) is 20.2 Å². The number of benzene rings is 2. The second-order valence-electron chi connectivity index (χ2n) is 7.68. The van der Waals surface area contributed by atoms with E-state index in [9.17, 15) is 4.79 Å². The van der Waals surface area contributed by atoms with E-state index < -0.39 is 0 Å². The molecule has 0 spiro atoms. The van der Waals surface area contributed by atoms with Crippen LogP contribution in [0.15, 0.2) is 48.5 Å². The number of methoxy groups -OCH3 is 1. The Hall–Kier alpha value is -2.73. The number of hydrogen-bond donors (Lipinski definition) is 0. The molecule has 4 rings (SSSR count). The van der Waals surface area contributed by atoms with Crippen LogP contribution in [0.4, 0.5) is 0 Å². The number of hydrogen-bond acceptors (Lipinski definition) is 5. The first kappa shape index (κ1) is 19.6. The summed E-state index contributed by atoms with van der Waals surface area (Å²) >= 11 is 0. The lowest BCUT2D eigenvalue weighted by Crippen LogP contribution is -2.45. The van der Waals surface area contributed by atoms with Crippen LogP contribution in [0, 0.1) is 0 Å². The first-order valence-electron chi connectivity index (χ1n) is 10.1. The fraction of sp³-hybridized carbons (Fsp3) is 0.435. The van der Waals surface area contributed by atoms with E-state index >= 15 is 0 Å². The molecule has 6 nitrogen and oxygen atoms in total. The molecule has 2 atom stereocenters. The summed E-state index contributed by atoms with van der Waals surface area (Å²) in [5.41, 5.74) is 1.21. The first-order chi connectivity index (χ1) is 14.1. The van der Waals surface area contributed by atoms with E-state index in [1.54, 1.807) is 12.0 Å². The molecule has 2 aliphatic heterocycles.